The quantitative estimate of drug-likeness (QED) is 0.782. The van der Waals surface area contributed by atoms with Crippen LogP contribution < -0.4 is 4.74 Å². The Balaban J connectivity index is 1.71. The van der Waals surface area contributed by atoms with Crippen molar-refractivity contribution < 1.29 is 14.2 Å². The van der Waals surface area contributed by atoms with Gasteiger partial charge in [0.2, 0.25) is 0 Å². The van der Waals surface area contributed by atoms with Gasteiger partial charge in [-0.3, -0.25) is 0 Å². The molecular formula is C18H19ClO3. The van der Waals surface area contributed by atoms with Crippen LogP contribution >= 0.6 is 11.6 Å². The molecule has 116 valence electrons. The van der Waals surface area contributed by atoms with E-state index in [0.717, 1.165) is 23.5 Å². The van der Waals surface area contributed by atoms with E-state index in [9.17, 15) is 0 Å². The highest BCUT2D eigenvalue weighted by atomic mass is 35.5. The van der Waals surface area contributed by atoms with Crippen LogP contribution in [0.15, 0.2) is 48.5 Å². The van der Waals surface area contributed by atoms with Gasteiger partial charge in [-0.25, -0.2) is 0 Å². The van der Waals surface area contributed by atoms with Crippen molar-refractivity contribution in [2.75, 3.05) is 6.61 Å². The molecule has 0 radical (unpaired) electrons. The lowest BCUT2D eigenvalue weighted by Crippen LogP contribution is -2.23. The number of benzene rings is 2. The Kier molecular flexibility index (Phi) is 4.39. The van der Waals surface area contributed by atoms with Crippen molar-refractivity contribution >= 4 is 11.6 Å². The lowest BCUT2D eigenvalue weighted by molar-refractivity contribution is -0.161. The van der Waals surface area contributed by atoms with Crippen LogP contribution in [0, 0.1) is 0 Å². The maximum absolute atomic E-state index is 5.98. The summed E-state index contributed by atoms with van der Waals surface area (Å²) >= 11 is 5.86. The zero-order valence-electron chi connectivity index (χ0n) is 12.7. The smallest absolute Gasteiger partial charge is 0.192 e. The van der Waals surface area contributed by atoms with Gasteiger partial charge in [0.1, 0.15) is 11.5 Å². The zero-order valence-corrected chi connectivity index (χ0v) is 13.5. The van der Waals surface area contributed by atoms with Gasteiger partial charge < -0.3 is 14.2 Å². The number of hydrogen-bond donors (Lipinski definition) is 0. The van der Waals surface area contributed by atoms with E-state index in [1.807, 2.05) is 43.3 Å². The highest BCUT2D eigenvalue weighted by Crippen LogP contribution is 2.35. The van der Waals surface area contributed by atoms with E-state index in [4.69, 9.17) is 25.8 Å². The monoisotopic (exact) mass is 318 g/mol. The minimum Gasteiger partial charge on any atom is -0.457 e. The fraction of sp³-hybridized carbons (Fsp3) is 0.333. The molecule has 1 heterocycles. The van der Waals surface area contributed by atoms with E-state index in [0.29, 0.717) is 11.6 Å². The summed E-state index contributed by atoms with van der Waals surface area (Å²) in [5.74, 6) is 0.849. The van der Waals surface area contributed by atoms with Crippen LogP contribution in [0.5, 0.6) is 11.5 Å². The van der Waals surface area contributed by atoms with Crippen molar-refractivity contribution in [3.05, 3.63) is 59.1 Å². The molecule has 2 aromatic carbocycles. The van der Waals surface area contributed by atoms with Crippen LogP contribution in [-0.2, 0) is 15.3 Å². The van der Waals surface area contributed by atoms with Gasteiger partial charge in [-0.2, -0.15) is 0 Å². The largest absolute Gasteiger partial charge is 0.457 e. The van der Waals surface area contributed by atoms with Gasteiger partial charge in [-0.15, -0.1) is 0 Å². The molecule has 0 amide bonds. The molecule has 0 saturated carbocycles. The summed E-state index contributed by atoms with van der Waals surface area (Å²) in [6.45, 7) is 4.69. The Morgan fingerprint density at radius 3 is 2.23 bits per heavy atom. The van der Waals surface area contributed by atoms with Gasteiger partial charge in [-0.05, 0) is 61.9 Å². The van der Waals surface area contributed by atoms with Gasteiger partial charge in [0.25, 0.3) is 0 Å². The first kappa shape index (κ1) is 15.3. The average molecular weight is 319 g/mol. The van der Waals surface area contributed by atoms with Crippen molar-refractivity contribution in [3.63, 3.8) is 0 Å². The Morgan fingerprint density at radius 1 is 1.09 bits per heavy atom. The van der Waals surface area contributed by atoms with E-state index in [1.54, 1.807) is 12.1 Å². The number of ether oxygens (including phenoxy) is 3. The Labute approximate surface area is 135 Å². The molecule has 1 aliphatic heterocycles. The molecule has 0 spiro atoms. The summed E-state index contributed by atoms with van der Waals surface area (Å²) in [6.07, 6.45) is 1.11. The molecule has 1 aliphatic rings. The molecule has 22 heavy (non-hydrogen) atoms. The predicted molar refractivity (Wildman–Crippen MR) is 86.4 cm³/mol. The minimum atomic E-state index is -0.667. The molecule has 1 saturated heterocycles. The Hall–Kier alpha value is -1.55. The predicted octanol–water partition coefficient (Wildman–Crippen LogP) is 5.13. The maximum atomic E-state index is 5.98. The minimum absolute atomic E-state index is 0.162. The van der Waals surface area contributed by atoms with Gasteiger partial charge in [0.15, 0.2) is 5.79 Å². The SMILES string of the molecule is CCC1COC(C)(c2ccc(Oc3ccc(Cl)cc3)cc2)O1. The summed E-state index contributed by atoms with van der Waals surface area (Å²) in [4.78, 5) is 0. The van der Waals surface area contributed by atoms with Gasteiger partial charge in [0, 0.05) is 10.6 Å². The summed E-state index contributed by atoms with van der Waals surface area (Å²) in [7, 11) is 0. The summed E-state index contributed by atoms with van der Waals surface area (Å²) in [5.41, 5.74) is 0.993. The van der Waals surface area contributed by atoms with Crippen LogP contribution in [0.3, 0.4) is 0 Å². The van der Waals surface area contributed by atoms with E-state index < -0.39 is 5.79 Å². The summed E-state index contributed by atoms with van der Waals surface area (Å²) < 4.78 is 17.6. The van der Waals surface area contributed by atoms with Crippen LogP contribution in [0.25, 0.3) is 0 Å². The molecule has 2 aromatic rings. The van der Waals surface area contributed by atoms with Crippen molar-refractivity contribution in [2.45, 2.75) is 32.2 Å². The Bertz CT molecular complexity index is 624. The van der Waals surface area contributed by atoms with E-state index >= 15 is 0 Å². The van der Waals surface area contributed by atoms with Crippen molar-refractivity contribution in [1.29, 1.82) is 0 Å². The highest BCUT2D eigenvalue weighted by molar-refractivity contribution is 6.30. The molecule has 0 bridgehead atoms. The lowest BCUT2D eigenvalue weighted by atomic mass is 10.1. The molecule has 4 heteroatoms. The molecule has 0 aliphatic carbocycles. The molecular weight excluding hydrogens is 300 g/mol. The van der Waals surface area contributed by atoms with Crippen LogP contribution in [0.2, 0.25) is 5.02 Å². The molecule has 0 aromatic heterocycles. The lowest BCUT2D eigenvalue weighted by Gasteiger charge is -2.23. The molecule has 2 atom stereocenters. The molecule has 3 nitrogen and oxygen atoms in total. The normalized spacial score (nSPS) is 24.4. The third-order valence-corrected chi connectivity index (χ3v) is 4.07. The molecule has 2 unspecified atom stereocenters. The van der Waals surface area contributed by atoms with Crippen molar-refractivity contribution in [2.24, 2.45) is 0 Å². The maximum Gasteiger partial charge on any atom is 0.192 e. The van der Waals surface area contributed by atoms with Gasteiger partial charge in [0.05, 0.1) is 12.7 Å². The number of hydrogen-bond acceptors (Lipinski definition) is 3. The van der Waals surface area contributed by atoms with Crippen molar-refractivity contribution in [1.82, 2.24) is 0 Å². The van der Waals surface area contributed by atoms with Crippen molar-refractivity contribution in [3.8, 4) is 11.5 Å². The van der Waals surface area contributed by atoms with E-state index in [-0.39, 0.29) is 6.10 Å². The van der Waals surface area contributed by atoms with Crippen LogP contribution in [0.1, 0.15) is 25.8 Å². The third-order valence-electron chi connectivity index (χ3n) is 3.82. The first-order chi connectivity index (χ1) is 10.6. The number of rotatable bonds is 4. The molecule has 1 fully saturated rings. The highest BCUT2D eigenvalue weighted by Gasteiger charge is 2.37. The summed E-state index contributed by atoms with van der Waals surface area (Å²) in [6, 6.07) is 15.1. The topological polar surface area (TPSA) is 27.7 Å². The second kappa shape index (κ2) is 6.29. The number of halogens is 1. The van der Waals surface area contributed by atoms with E-state index in [2.05, 4.69) is 6.92 Å². The zero-order chi connectivity index (χ0) is 15.6. The standard InChI is InChI=1S/C18H19ClO3/c1-3-15-12-20-18(2,22-15)13-4-8-16(9-5-13)21-17-10-6-14(19)7-11-17/h4-11,15H,3,12H2,1-2H3. The second-order valence-corrected chi connectivity index (χ2v) is 5.92. The van der Waals surface area contributed by atoms with Crippen LogP contribution in [-0.4, -0.2) is 12.7 Å². The fourth-order valence-electron chi connectivity index (χ4n) is 2.46. The Morgan fingerprint density at radius 2 is 1.68 bits per heavy atom. The first-order valence-electron chi connectivity index (χ1n) is 7.45. The average Bonchev–Trinajstić information content (AvgIpc) is 2.93. The van der Waals surface area contributed by atoms with Gasteiger partial charge >= 0.3 is 0 Å². The second-order valence-electron chi connectivity index (χ2n) is 5.49. The fourth-order valence-corrected chi connectivity index (χ4v) is 2.58. The van der Waals surface area contributed by atoms with E-state index in [1.165, 1.54) is 0 Å². The third kappa shape index (κ3) is 3.27. The molecule has 3 rings (SSSR count). The molecule has 0 N–H and O–H groups in total. The van der Waals surface area contributed by atoms with Gasteiger partial charge in [-0.1, -0.05) is 18.5 Å². The summed E-state index contributed by atoms with van der Waals surface area (Å²) in [5, 5.41) is 0.691. The first-order valence-corrected chi connectivity index (χ1v) is 7.82. The van der Waals surface area contributed by atoms with Crippen LogP contribution in [0.4, 0.5) is 0 Å².